The Hall–Kier alpha value is -0.870. The van der Waals surface area contributed by atoms with Gasteiger partial charge in [0.05, 0.1) is 4.83 Å². The Morgan fingerprint density at radius 2 is 2.00 bits per heavy atom. The summed E-state index contributed by atoms with van der Waals surface area (Å²) in [5, 5.41) is 2.94. The molecule has 4 heteroatoms. The first kappa shape index (κ1) is 16.2. The van der Waals surface area contributed by atoms with Crippen LogP contribution in [-0.2, 0) is 11.3 Å². The van der Waals surface area contributed by atoms with Crippen molar-refractivity contribution in [3.05, 3.63) is 29.8 Å². The van der Waals surface area contributed by atoms with E-state index in [2.05, 4.69) is 46.1 Å². The largest absolute Gasteiger partial charge is 0.325 e. The Bertz CT molecular complexity index is 405. The second-order valence-electron chi connectivity index (χ2n) is 4.53. The van der Waals surface area contributed by atoms with Crippen LogP contribution in [0.2, 0.25) is 0 Å². The van der Waals surface area contributed by atoms with E-state index in [-0.39, 0.29) is 10.7 Å². The molecule has 1 atom stereocenters. The highest BCUT2D eigenvalue weighted by Gasteiger charge is 2.12. The maximum absolute atomic E-state index is 11.8. The highest BCUT2D eigenvalue weighted by Crippen LogP contribution is 2.15. The van der Waals surface area contributed by atoms with E-state index < -0.39 is 0 Å². The Morgan fingerprint density at radius 3 is 2.58 bits per heavy atom. The minimum atomic E-state index is -0.126. The molecule has 0 aliphatic rings. The standard InChI is InChI=1S/C15H23BrN2O/c1-4-14(16)15(19)17-13-9-7-8-12(10-13)11-18(5-2)6-3/h7-10,14H,4-6,11H2,1-3H3,(H,17,19). The van der Waals surface area contributed by atoms with Gasteiger partial charge in [-0.1, -0.05) is 48.8 Å². The third-order valence-corrected chi connectivity index (χ3v) is 4.20. The number of amides is 1. The minimum Gasteiger partial charge on any atom is -0.325 e. The van der Waals surface area contributed by atoms with Gasteiger partial charge in [0.15, 0.2) is 0 Å². The highest BCUT2D eigenvalue weighted by molar-refractivity contribution is 9.10. The third-order valence-electron chi connectivity index (χ3n) is 3.14. The Kier molecular flexibility index (Phi) is 7.10. The number of carbonyl (C=O) groups excluding carboxylic acids is 1. The van der Waals surface area contributed by atoms with Gasteiger partial charge in [-0.25, -0.2) is 0 Å². The summed E-state index contributed by atoms with van der Waals surface area (Å²) in [5.74, 6) is 0.0162. The van der Waals surface area contributed by atoms with Crippen LogP contribution in [-0.4, -0.2) is 28.7 Å². The molecule has 0 bridgehead atoms. The van der Waals surface area contributed by atoms with E-state index in [0.29, 0.717) is 0 Å². The third kappa shape index (κ3) is 5.33. The minimum absolute atomic E-state index is 0.0162. The first-order valence-electron chi connectivity index (χ1n) is 6.86. The predicted molar refractivity (Wildman–Crippen MR) is 84.7 cm³/mol. The fraction of sp³-hybridized carbons (Fsp3) is 0.533. The van der Waals surface area contributed by atoms with E-state index in [0.717, 1.165) is 31.7 Å². The van der Waals surface area contributed by atoms with Crippen molar-refractivity contribution in [2.24, 2.45) is 0 Å². The first-order chi connectivity index (χ1) is 9.10. The molecule has 1 unspecified atom stereocenters. The molecule has 0 spiro atoms. The van der Waals surface area contributed by atoms with Gasteiger partial charge in [0.25, 0.3) is 0 Å². The number of nitrogens with one attached hydrogen (secondary N) is 1. The molecule has 0 saturated heterocycles. The summed E-state index contributed by atoms with van der Waals surface area (Å²) in [4.78, 5) is 14.0. The molecule has 0 aliphatic heterocycles. The van der Waals surface area contributed by atoms with Crippen LogP contribution in [0, 0.1) is 0 Å². The van der Waals surface area contributed by atoms with Gasteiger partial charge in [-0.2, -0.15) is 0 Å². The summed E-state index contributed by atoms with van der Waals surface area (Å²) in [5.41, 5.74) is 2.09. The maximum Gasteiger partial charge on any atom is 0.238 e. The molecule has 0 heterocycles. The Morgan fingerprint density at radius 1 is 1.32 bits per heavy atom. The molecule has 0 saturated carbocycles. The number of hydrogen-bond acceptors (Lipinski definition) is 2. The maximum atomic E-state index is 11.8. The molecule has 1 rings (SSSR count). The molecule has 1 N–H and O–H groups in total. The molecule has 19 heavy (non-hydrogen) atoms. The summed E-state index contributed by atoms with van der Waals surface area (Å²) < 4.78 is 0. The number of rotatable bonds is 7. The van der Waals surface area contributed by atoms with Crippen molar-refractivity contribution in [3.63, 3.8) is 0 Å². The van der Waals surface area contributed by atoms with Crippen LogP contribution in [0.25, 0.3) is 0 Å². The van der Waals surface area contributed by atoms with Crippen molar-refractivity contribution in [2.45, 2.75) is 38.6 Å². The molecule has 0 aliphatic carbocycles. The van der Waals surface area contributed by atoms with Gasteiger partial charge in [0.1, 0.15) is 0 Å². The van der Waals surface area contributed by atoms with E-state index in [1.54, 1.807) is 0 Å². The average Bonchev–Trinajstić information content (AvgIpc) is 2.44. The van der Waals surface area contributed by atoms with E-state index in [1.165, 1.54) is 5.56 Å². The van der Waals surface area contributed by atoms with E-state index in [4.69, 9.17) is 0 Å². The summed E-state index contributed by atoms with van der Waals surface area (Å²) >= 11 is 3.36. The predicted octanol–water partition coefficient (Wildman–Crippen LogP) is 3.64. The fourth-order valence-electron chi connectivity index (χ4n) is 1.86. The van der Waals surface area contributed by atoms with Gasteiger partial charge in [-0.15, -0.1) is 0 Å². The summed E-state index contributed by atoms with van der Waals surface area (Å²) in [6, 6.07) is 8.06. The van der Waals surface area contributed by atoms with Crippen LogP contribution in [0.15, 0.2) is 24.3 Å². The number of nitrogens with zero attached hydrogens (tertiary/aromatic N) is 1. The normalized spacial score (nSPS) is 12.5. The lowest BCUT2D eigenvalue weighted by molar-refractivity contribution is -0.115. The van der Waals surface area contributed by atoms with Gasteiger partial charge in [0.2, 0.25) is 5.91 Å². The SMILES string of the molecule is CCC(Br)C(=O)Nc1cccc(CN(CC)CC)c1. The van der Waals surface area contributed by atoms with Gasteiger partial charge in [-0.05, 0) is 37.2 Å². The summed E-state index contributed by atoms with van der Waals surface area (Å²) in [6.45, 7) is 9.29. The zero-order chi connectivity index (χ0) is 14.3. The zero-order valence-electron chi connectivity index (χ0n) is 11.9. The van der Waals surface area contributed by atoms with Crippen molar-refractivity contribution in [1.29, 1.82) is 0 Å². The highest BCUT2D eigenvalue weighted by atomic mass is 79.9. The molecule has 1 amide bonds. The van der Waals surface area contributed by atoms with Gasteiger partial charge < -0.3 is 5.32 Å². The zero-order valence-corrected chi connectivity index (χ0v) is 13.5. The van der Waals surface area contributed by atoms with Crippen molar-refractivity contribution < 1.29 is 4.79 Å². The molecule has 0 aromatic heterocycles. The van der Waals surface area contributed by atoms with Crippen LogP contribution in [0.4, 0.5) is 5.69 Å². The van der Waals surface area contributed by atoms with Crippen LogP contribution >= 0.6 is 15.9 Å². The Balaban J connectivity index is 2.69. The molecule has 106 valence electrons. The number of halogens is 1. The van der Waals surface area contributed by atoms with Gasteiger partial charge in [0, 0.05) is 12.2 Å². The molecule has 1 aromatic rings. The molecule has 1 aromatic carbocycles. The number of anilines is 1. The van der Waals surface area contributed by atoms with Gasteiger partial charge >= 0.3 is 0 Å². The van der Waals surface area contributed by atoms with Crippen LogP contribution in [0.1, 0.15) is 32.8 Å². The quantitative estimate of drug-likeness (QED) is 0.776. The van der Waals surface area contributed by atoms with Crippen LogP contribution < -0.4 is 5.32 Å². The van der Waals surface area contributed by atoms with Crippen LogP contribution in [0.5, 0.6) is 0 Å². The monoisotopic (exact) mass is 326 g/mol. The van der Waals surface area contributed by atoms with Crippen molar-refractivity contribution in [2.75, 3.05) is 18.4 Å². The van der Waals surface area contributed by atoms with Gasteiger partial charge in [-0.3, -0.25) is 9.69 Å². The number of carbonyl (C=O) groups is 1. The molecular formula is C15H23BrN2O. The lowest BCUT2D eigenvalue weighted by Gasteiger charge is -2.18. The second kappa shape index (κ2) is 8.33. The van der Waals surface area contributed by atoms with E-state index in [9.17, 15) is 4.79 Å². The molecule has 0 fully saturated rings. The second-order valence-corrected chi connectivity index (χ2v) is 5.63. The topological polar surface area (TPSA) is 32.3 Å². The number of hydrogen-bond donors (Lipinski definition) is 1. The fourth-order valence-corrected chi connectivity index (χ4v) is 1.97. The summed E-state index contributed by atoms with van der Waals surface area (Å²) in [6.07, 6.45) is 0.783. The molecular weight excluding hydrogens is 304 g/mol. The summed E-state index contributed by atoms with van der Waals surface area (Å²) in [7, 11) is 0. The van der Waals surface area contributed by atoms with E-state index >= 15 is 0 Å². The molecule has 3 nitrogen and oxygen atoms in total. The average molecular weight is 327 g/mol. The van der Waals surface area contributed by atoms with E-state index in [1.807, 2.05) is 25.1 Å². The van der Waals surface area contributed by atoms with Crippen molar-refractivity contribution in [3.8, 4) is 0 Å². The molecule has 0 radical (unpaired) electrons. The first-order valence-corrected chi connectivity index (χ1v) is 7.78. The van der Waals surface area contributed by atoms with Crippen molar-refractivity contribution in [1.82, 2.24) is 4.90 Å². The number of alkyl halides is 1. The van der Waals surface area contributed by atoms with Crippen LogP contribution in [0.3, 0.4) is 0 Å². The lowest BCUT2D eigenvalue weighted by Crippen LogP contribution is -2.23. The Labute approximate surface area is 124 Å². The lowest BCUT2D eigenvalue weighted by atomic mass is 10.2. The smallest absolute Gasteiger partial charge is 0.238 e. The number of benzene rings is 1. The van der Waals surface area contributed by atoms with Crippen molar-refractivity contribution >= 4 is 27.5 Å².